The summed E-state index contributed by atoms with van der Waals surface area (Å²) in [5.74, 6) is 0.605. The summed E-state index contributed by atoms with van der Waals surface area (Å²) in [6, 6.07) is 13.7. The van der Waals surface area contributed by atoms with Gasteiger partial charge in [0.25, 0.3) is 0 Å². The highest BCUT2D eigenvalue weighted by Gasteiger charge is 2.34. The van der Waals surface area contributed by atoms with Gasteiger partial charge in [-0.3, -0.25) is 0 Å². The van der Waals surface area contributed by atoms with Gasteiger partial charge in [0.05, 0.1) is 23.8 Å². The van der Waals surface area contributed by atoms with Crippen LogP contribution in [0.3, 0.4) is 0 Å². The lowest BCUT2D eigenvalue weighted by molar-refractivity contribution is -0.137. The summed E-state index contributed by atoms with van der Waals surface area (Å²) in [5.41, 5.74) is -1.49. The second-order valence-electron chi connectivity index (χ2n) is 5.14. The number of benzene rings is 2. The van der Waals surface area contributed by atoms with Gasteiger partial charge in [-0.05, 0) is 30.3 Å². The minimum atomic E-state index is -4.64. The molecule has 4 nitrogen and oxygen atoms in total. The molecular weight excluding hydrogens is 335 g/mol. The molecule has 0 aromatic heterocycles. The third kappa shape index (κ3) is 5.40. The first kappa shape index (κ1) is 18.6. The van der Waals surface area contributed by atoms with Crippen molar-refractivity contribution in [1.82, 2.24) is 0 Å². The normalized spacial score (nSPS) is 12.3. The van der Waals surface area contributed by atoms with Crippen molar-refractivity contribution in [3.63, 3.8) is 0 Å². The number of rotatable bonds is 7. The standard InChI is InChI=1S/C18H16F3NO3/c1-23-11-16(12-24-14-5-3-2-4-6-14)25-15-8-7-13(10-22)17(9-15)18(19,20)21/h2-9,16H,11-12H2,1H3. The van der Waals surface area contributed by atoms with Gasteiger partial charge in [-0.1, -0.05) is 18.2 Å². The molecule has 0 aliphatic rings. The zero-order chi connectivity index (χ0) is 18.3. The second-order valence-corrected chi connectivity index (χ2v) is 5.14. The number of alkyl halides is 3. The van der Waals surface area contributed by atoms with E-state index in [9.17, 15) is 13.2 Å². The molecule has 1 unspecified atom stereocenters. The van der Waals surface area contributed by atoms with Crippen LogP contribution in [0.4, 0.5) is 13.2 Å². The van der Waals surface area contributed by atoms with Crippen LogP contribution in [-0.2, 0) is 10.9 Å². The maximum absolute atomic E-state index is 13.0. The number of para-hydroxylation sites is 1. The molecule has 0 aliphatic carbocycles. The van der Waals surface area contributed by atoms with E-state index in [0.717, 1.165) is 12.1 Å². The zero-order valence-corrected chi connectivity index (χ0v) is 13.4. The highest BCUT2D eigenvalue weighted by Crippen LogP contribution is 2.34. The molecule has 0 bridgehead atoms. The van der Waals surface area contributed by atoms with Gasteiger partial charge in [-0.15, -0.1) is 0 Å². The third-order valence-electron chi connectivity index (χ3n) is 3.25. The van der Waals surface area contributed by atoms with E-state index < -0.39 is 23.4 Å². The Bertz CT molecular complexity index is 727. The second kappa shape index (κ2) is 8.40. The lowest BCUT2D eigenvalue weighted by Crippen LogP contribution is -2.29. The molecule has 0 fully saturated rings. The Morgan fingerprint density at radius 2 is 1.76 bits per heavy atom. The summed E-state index contributed by atoms with van der Waals surface area (Å²) >= 11 is 0. The Morgan fingerprint density at radius 3 is 2.36 bits per heavy atom. The van der Waals surface area contributed by atoms with E-state index in [2.05, 4.69) is 0 Å². The largest absolute Gasteiger partial charge is 0.490 e. The molecule has 2 aromatic rings. The molecule has 7 heteroatoms. The van der Waals surface area contributed by atoms with Crippen LogP contribution >= 0.6 is 0 Å². The topological polar surface area (TPSA) is 51.5 Å². The van der Waals surface area contributed by atoms with Crippen molar-refractivity contribution in [2.24, 2.45) is 0 Å². The molecule has 132 valence electrons. The number of halogens is 3. The summed E-state index contributed by atoms with van der Waals surface area (Å²) in [6.45, 7) is 0.230. The monoisotopic (exact) mass is 351 g/mol. The van der Waals surface area contributed by atoms with Crippen LogP contribution in [0.15, 0.2) is 48.5 Å². The summed E-state index contributed by atoms with van der Waals surface area (Å²) in [6.07, 6.45) is -5.25. The minimum Gasteiger partial charge on any atom is -0.490 e. The van der Waals surface area contributed by atoms with Crippen molar-refractivity contribution in [2.45, 2.75) is 12.3 Å². The van der Waals surface area contributed by atoms with E-state index in [-0.39, 0.29) is 19.0 Å². The Kier molecular flexibility index (Phi) is 6.25. The van der Waals surface area contributed by atoms with Crippen LogP contribution < -0.4 is 9.47 Å². The van der Waals surface area contributed by atoms with Gasteiger partial charge in [0.15, 0.2) is 6.10 Å². The Balaban J connectivity index is 2.12. The summed E-state index contributed by atoms with van der Waals surface area (Å²) < 4.78 is 55.2. The van der Waals surface area contributed by atoms with Crippen LogP contribution in [-0.4, -0.2) is 26.4 Å². The average molecular weight is 351 g/mol. The maximum Gasteiger partial charge on any atom is 0.417 e. The van der Waals surface area contributed by atoms with E-state index in [4.69, 9.17) is 19.5 Å². The molecule has 0 N–H and O–H groups in total. The van der Waals surface area contributed by atoms with Gasteiger partial charge in [0, 0.05) is 7.11 Å². The highest BCUT2D eigenvalue weighted by atomic mass is 19.4. The molecule has 2 rings (SSSR count). The molecule has 0 radical (unpaired) electrons. The van der Waals surface area contributed by atoms with Crippen molar-refractivity contribution in [3.8, 4) is 17.6 Å². The van der Waals surface area contributed by atoms with Crippen molar-refractivity contribution < 1.29 is 27.4 Å². The Hall–Kier alpha value is -2.72. The van der Waals surface area contributed by atoms with E-state index in [0.29, 0.717) is 5.75 Å². The first-order valence-electron chi connectivity index (χ1n) is 7.39. The molecule has 1 atom stereocenters. The average Bonchev–Trinajstić information content (AvgIpc) is 2.60. The fourth-order valence-electron chi connectivity index (χ4n) is 2.13. The lowest BCUT2D eigenvalue weighted by atomic mass is 10.1. The maximum atomic E-state index is 13.0. The van der Waals surface area contributed by atoms with Gasteiger partial charge >= 0.3 is 6.18 Å². The van der Waals surface area contributed by atoms with Gasteiger partial charge in [0.1, 0.15) is 18.1 Å². The third-order valence-corrected chi connectivity index (χ3v) is 3.25. The smallest absolute Gasteiger partial charge is 0.417 e. The molecule has 25 heavy (non-hydrogen) atoms. The highest BCUT2D eigenvalue weighted by molar-refractivity contribution is 5.44. The van der Waals surface area contributed by atoms with Gasteiger partial charge in [-0.2, -0.15) is 18.4 Å². The van der Waals surface area contributed by atoms with Crippen molar-refractivity contribution in [2.75, 3.05) is 20.3 Å². The molecule has 0 heterocycles. The predicted octanol–water partition coefficient (Wildman–Crippen LogP) is 4.05. The van der Waals surface area contributed by atoms with Crippen molar-refractivity contribution >= 4 is 0 Å². The van der Waals surface area contributed by atoms with Crippen LogP contribution in [0.5, 0.6) is 11.5 Å². The number of ether oxygens (including phenoxy) is 3. The van der Waals surface area contributed by atoms with Crippen LogP contribution in [0.1, 0.15) is 11.1 Å². The Labute approximate surface area is 143 Å². The molecule has 0 spiro atoms. The van der Waals surface area contributed by atoms with Crippen LogP contribution in [0.25, 0.3) is 0 Å². The number of methoxy groups -OCH3 is 1. The molecule has 0 saturated heterocycles. The molecule has 0 amide bonds. The number of hydrogen-bond acceptors (Lipinski definition) is 4. The number of hydrogen-bond donors (Lipinski definition) is 0. The molecular formula is C18H16F3NO3. The molecule has 2 aromatic carbocycles. The minimum absolute atomic E-state index is 0.00923. The lowest BCUT2D eigenvalue weighted by Gasteiger charge is -2.20. The van der Waals surface area contributed by atoms with E-state index in [1.165, 1.54) is 19.2 Å². The summed E-state index contributed by atoms with van der Waals surface area (Å²) in [4.78, 5) is 0. The SMILES string of the molecule is COCC(COc1ccccc1)Oc1ccc(C#N)c(C(F)(F)F)c1. The first-order valence-corrected chi connectivity index (χ1v) is 7.39. The first-order chi connectivity index (χ1) is 11.9. The quantitative estimate of drug-likeness (QED) is 0.755. The van der Waals surface area contributed by atoms with Crippen molar-refractivity contribution in [3.05, 3.63) is 59.7 Å². The number of nitriles is 1. The van der Waals surface area contributed by atoms with Crippen LogP contribution in [0.2, 0.25) is 0 Å². The Morgan fingerprint density at radius 1 is 1.04 bits per heavy atom. The van der Waals surface area contributed by atoms with Crippen LogP contribution in [0, 0.1) is 11.3 Å². The summed E-state index contributed by atoms with van der Waals surface area (Å²) in [7, 11) is 1.46. The molecule has 0 saturated carbocycles. The van der Waals surface area contributed by atoms with E-state index in [1.54, 1.807) is 24.3 Å². The fraction of sp³-hybridized carbons (Fsp3) is 0.278. The van der Waals surface area contributed by atoms with Crippen molar-refractivity contribution in [1.29, 1.82) is 5.26 Å². The van der Waals surface area contributed by atoms with Gasteiger partial charge in [0.2, 0.25) is 0 Å². The predicted molar refractivity (Wildman–Crippen MR) is 84.4 cm³/mol. The molecule has 0 aliphatic heterocycles. The number of nitrogens with zero attached hydrogens (tertiary/aromatic N) is 1. The van der Waals surface area contributed by atoms with E-state index in [1.807, 2.05) is 6.07 Å². The fourth-order valence-corrected chi connectivity index (χ4v) is 2.13. The van der Waals surface area contributed by atoms with E-state index >= 15 is 0 Å². The zero-order valence-electron chi connectivity index (χ0n) is 13.4. The van der Waals surface area contributed by atoms with Gasteiger partial charge < -0.3 is 14.2 Å². The summed E-state index contributed by atoms with van der Waals surface area (Å²) in [5, 5.41) is 8.82. The van der Waals surface area contributed by atoms with Gasteiger partial charge in [-0.25, -0.2) is 0 Å².